The second kappa shape index (κ2) is 8.59. The van der Waals surface area contributed by atoms with Crippen LogP contribution >= 0.6 is 11.8 Å². The van der Waals surface area contributed by atoms with Gasteiger partial charge in [0.1, 0.15) is 5.25 Å². The van der Waals surface area contributed by atoms with Gasteiger partial charge in [-0.05, 0) is 18.2 Å². The highest BCUT2D eigenvalue weighted by molar-refractivity contribution is 8.00. The highest BCUT2D eigenvalue weighted by Gasteiger charge is 2.31. The third kappa shape index (κ3) is 4.45. The lowest BCUT2D eigenvalue weighted by atomic mass is 10.2. The summed E-state index contributed by atoms with van der Waals surface area (Å²) in [7, 11) is -2.35. The Hall–Kier alpha value is -1.62. The van der Waals surface area contributed by atoms with Crippen molar-refractivity contribution in [2.75, 3.05) is 52.3 Å². The number of rotatable bonds is 4. The number of esters is 1. The van der Waals surface area contributed by atoms with E-state index >= 15 is 0 Å². The van der Waals surface area contributed by atoms with E-state index in [1.54, 1.807) is 17.0 Å². The summed E-state index contributed by atoms with van der Waals surface area (Å²) >= 11 is 1.46. The van der Waals surface area contributed by atoms with Crippen LogP contribution in [0.1, 0.15) is 10.4 Å². The van der Waals surface area contributed by atoms with E-state index in [2.05, 4.69) is 0 Å². The monoisotopic (exact) mass is 414 g/mol. The zero-order chi connectivity index (χ0) is 19.4. The van der Waals surface area contributed by atoms with Crippen LogP contribution in [0.3, 0.4) is 0 Å². The molecule has 3 rings (SSSR count). The molecule has 1 aromatic carbocycles. The average Bonchev–Trinajstić information content (AvgIpc) is 2.73. The van der Waals surface area contributed by atoms with Crippen LogP contribution in [0.15, 0.2) is 29.2 Å². The number of hydrogen-bond donors (Lipinski definition) is 0. The van der Waals surface area contributed by atoms with Gasteiger partial charge in [-0.3, -0.25) is 9.59 Å². The van der Waals surface area contributed by atoms with Crippen molar-refractivity contribution in [3.05, 3.63) is 29.8 Å². The van der Waals surface area contributed by atoms with Gasteiger partial charge in [-0.25, -0.2) is 8.42 Å². The number of thioether (sulfide) groups is 1. The van der Waals surface area contributed by atoms with E-state index in [0.717, 1.165) is 0 Å². The number of morpholine rings is 1. The van der Waals surface area contributed by atoms with Crippen LogP contribution in [0.5, 0.6) is 0 Å². The predicted octanol–water partition coefficient (Wildman–Crippen LogP) is 0.438. The molecule has 27 heavy (non-hydrogen) atoms. The molecule has 0 bridgehead atoms. The molecule has 0 aromatic heterocycles. The first-order valence-electron chi connectivity index (χ1n) is 8.60. The van der Waals surface area contributed by atoms with Crippen molar-refractivity contribution in [2.45, 2.75) is 10.1 Å². The minimum Gasteiger partial charge on any atom is -0.468 e. The molecule has 2 aliphatic heterocycles. The van der Waals surface area contributed by atoms with Crippen LogP contribution in [0, 0.1) is 0 Å². The summed E-state index contributed by atoms with van der Waals surface area (Å²) in [5.74, 6) is -0.0264. The minimum atomic E-state index is -3.67. The van der Waals surface area contributed by atoms with Gasteiger partial charge in [-0.15, -0.1) is 11.8 Å². The van der Waals surface area contributed by atoms with Crippen molar-refractivity contribution in [1.82, 2.24) is 9.21 Å². The lowest BCUT2D eigenvalue weighted by Crippen LogP contribution is -2.45. The maximum absolute atomic E-state index is 12.8. The molecule has 148 valence electrons. The smallest absolute Gasteiger partial charge is 0.320 e. The number of amides is 1. The summed E-state index contributed by atoms with van der Waals surface area (Å²) < 4.78 is 36.9. The number of ether oxygens (including phenoxy) is 2. The zero-order valence-corrected chi connectivity index (χ0v) is 16.6. The SMILES string of the molecule is COC(=O)[C@@H]1CN(C(=O)c2cccc(S(=O)(=O)N3CCOCC3)c2)CCS1. The second-order valence-electron chi connectivity index (χ2n) is 6.18. The number of sulfonamides is 1. The van der Waals surface area contributed by atoms with Gasteiger partial charge in [0.25, 0.3) is 5.91 Å². The lowest BCUT2D eigenvalue weighted by molar-refractivity contribution is -0.140. The third-order valence-electron chi connectivity index (χ3n) is 4.51. The summed E-state index contributed by atoms with van der Waals surface area (Å²) in [6.45, 7) is 2.06. The van der Waals surface area contributed by atoms with Gasteiger partial charge >= 0.3 is 5.97 Å². The van der Waals surface area contributed by atoms with E-state index in [4.69, 9.17) is 9.47 Å². The molecule has 0 radical (unpaired) electrons. The van der Waals surface area contributed by atoms with Crippen LogP contribution in [-0.2, 0) is 24.3 Å². The highest BCUT2D eigenvalue weighted by Crippen LogP contribution is 2.23. The fraction of sp³-hybridized carbons (Fsp3) is 0.529. The Kier molecular flexibility index (Phi) is 6.40. The molecule has 2 heterocycles. The van der Waals surface area contributed by atoms with Gasteiger partial charge in [0.05, 0.1) is 25.2 Å². The number of methoxy groups -OCH3 is 1. The Morgan fingerprint density at radius 1 is 1.22 bits per heavy atom. The quantitative estimate of drug-likeness (QED) is 0.660. The number of hydrogen-bond acceptors (Lipinski definition) is 7. The molecule has 1 aromatic rings. The molecule has 2 aliphatic rings. The number of carbonyl (C=O) groups excluding carboxylic acids is 2. The zero-order valence-electron chi connectivity index (χ0n) is 15.0. The Morgan fingerprint density at radius 2 is 1.96 bits per heavy atom. The van der Waals surface area contributed by atoms with E-state index < -0.39 is 15.3 Å². The van der Waals surface area contributed by atoms with Crippen LogP contribution in [-0.4, -0.2) is 87.0 Å². The number of carbonyl (C=O) groups is 2. The first-order chi connectivity index (χ1) is 12.9. The fourth-order valence-electron chi connectivity index (χ4n) is 3.02. The average molecular weight is 415 g/mol. The molecule has 0 spiro atoms. The number of nitrogens with zero attached hydrogens (tertiary/aromatic N) is 2. The third-order valence-corrected chi connectivity index (χ3v) is 7.56. The largest absolute Gasteiger partial charge is 0.468 e. The molecule has 10 heteroatoms. The molecule has 8 nitrogen and oxygen atoms in total. The summed E-state index contributed by atoms with van der Waals surface area (Å²) in [6.07, 6.45) is 0. The fourth-order valence-corrected chi connectivity index (χ4v) is 5.60. The Balaban J connectivity index is 1.78. The molecule has 0 unspecified atom stereocenters. The van der Waals surface area contributed by atoms with Crippen LogP contribution in [0.25, 0.3) is 0 Å². The van der Waals surface area contributed by atoms with Gasteiger partial charge in [0.15, 0.2) is 0 Å². The lowest BCUT2D eigenvalue weighted by Gasteiger charge is -2.31. The van der Waals surface area contributed by atoms with E-state index in [1.165, 1.54) is 35.3 Å². The first-order valence-corrected chi connectivity index (χ1v) is 11.1. The van der Waals surface area contributed by atoms with E-state index in [9.17, 15) is 18.0 Å². The van der Waals surface area contributed by atoms with E-state index in [0.29, 0.717) is 44.2 Å². The molecule has 0 saturated carbocycles. The molecule has 1 atom stereocenters. The first kappa shape index (κ1) is 20.1. The molecule has 2 saturated heterocycles. The molecule has 1 amide bonds. The van der Waals surface area contributed by atoms with E-state index in [1.807, 2.05) is 0 Å². The van der Waals surface area contributed by atoms with Crippen molar-refractivity contribution in [1.29, 1.82) is 0 Å². The van der Waals surface area contributed by atoms with Crippen LogP contribution in [0.2, 0.25) is 0 Å². The molecule has 0 N–H and O–H groups in total. The normalized spacial score (nSPS) is 21.7. The Morgan fingerprint density at radius 3 is 2.67 bits per heavy atom. The van der Waals surface area contributed by atoms with Crippen molar-refractivity contribution in [3.63, 3.8) is 0 Å². The van der Waals surface area contributed by atoms with Gasteiger partial charge in [-0.1, -0.05) is 6.07 Å². The Labute approximate surface area is 162 Å². The van der Waals surface area contributed by atoms with Crippen molar-refractivity contribution in [3.8, 4) is 0 Å². The minimum absolute atomic E-state index is 0.0890. The van der Waals surface area contributed by atoms with Crippen LogP contribution < -0.4 is 0 Å². The summed E-state index contributed by atoms with van der Waals surface area (Å²) in [6, 6.07) is 6.06. The molecule has 0 aliphatic carbocycles. The predicted molar refractivity (Wildman–Crippen MR) is 100 cm³/mol. The van der Waals surface area contributed by atoms with Gasteiger partial charge in [0, 0.05) is 37.5 Å². The van der Waals surface area contributed by atoms with E-state index in [-0.39, 0.29) is 23.3 Å². The Bertz CT molecular complexity index is 807. The molecule has 2 fully saturated rings. The summed E-state index contributed by atoms with van der Waals surface area (Å²) in [5, 5.41) is -0.423. The summed E-state index contributed by atoms with van der Waals surface area (Å²) in [4.78, 5) is 26.3. The maximum Gasteiger partial charge on any atom is 0.320 e. The van der Waals surface area contributed by atoms with Crippen molar-refractivity contribution < 1.29 is 27.5 Å². The molecular formula is C17H22N2O6S2. The second-order valence-corrected chi connectivity index (χ2v) is 9.43. The number of benzene rings is 1. The topological polar surface area (TPSA) is 93.2 Å². The maximum atomic E-state index is 12.8. The van der Waals surface area contributed by atoms with Crippen LogP contribution in [0.4, 0.5) is 0 Å². The van der Waals surface area contributed by atoms with Crippen molar-refractivity contribution >= 4 is 33.7 Å². The van der Waals surface area contributed by atoms with Gasteiger partial charge in [0.2, 0.25) is 10.0 Å². The van der Waals surface area contributed by atoms with Crippen molar-refractivity contribution in [2.24, 2.45) is 0 Å². The van der Waals surface area contributed by atoms with Gasteiger partial charge < -0.3 is 14.4 Å². The van der Waals surface area contributed by atoms with Gasteiger partial charge in [-0.2, -0.15) is 4.31 Å². The molecular weight excluding hydrogens is 392 g/mol. The highest BCUT2D eigenvalue weighted by atomic mass is 32.2. The standard InChI is InChI=1S/C17H22N2O6S2/c1-24-17(21)15-12-18(7-10-26-15)16(20)13-3-2-4-14(11-13)27(22,23)19-5-8-25-9-6-19/h2-4,11,15H,5-10,12H2,1H3/t15-/m0/s1. The summed E-state index contributed by atoms with van der Waals surface area (Å²) in [5.41, 5.74) is 0.292.